The van der Waals surface area contributed by atoms with Gasteiger partial charge in [0.1, 0.15) is 0 Å². The smallest absolute Gasteiger partial charge is 0.0728 e. The van der Waals surface area contributed by atoms with Crippen LogP contribution in [-0.2, 0) is 13.5 Å². The Bertz CT molecular complexity index is 433. The van der Waals surface area contributed by atoms with Crippen LogP contribution in [0, 0.1) is 0 Å². The summed E-state index contributed by atoms with van der Waals surface area (Å²) in [5, 5.41) is 7.56. The average molecular weight is 215 g/mol. The predicted molar refractivity (Wildman–Crippen MR) is 66.4 cm³/mol. The van der Waals surface area contributed by atoms with Crippen LogP contribution in [0.15, 0.2) is 42.7 Å². The summed E-state index contributed by atoms with van der Waals surface area (Å²) in [5.41, 5.74) is 2.43. The third-order valence-corrected chi connectivity index (χ3v) is 2.50. The predicted octanol–water partition coefficient (Wildman–Crippen LogP) is 2.46. The summed E-state index contributed by atoms with van der Waals surface area (Å²) >= 11 is 0. The number of hydrogen-bond acceptors (Lipinski definition) is 2. The summed E-state index contributed by atoms with van der Waals surface area (Å²) in [6.07, 6.45) is 4.86. The van der Waals surface area contributed by atoms with Crippen molar-refractivity contribution in [2.45, 2.75) is 19.4 Å². The highest BCUT2D eigenvalue weighted by molar-refractivity contribution is 5.39. The Morgan fingerprint density at radius 1 is 1.31 bits per heavy atom. The van der Waals surface area contributed by atoms with Crippen LogP contribution in [0.2, 0.25) is 0 Å². The van der Waals surface area contributed by atoms with E-state index < -0.39 is 0 Å². The number of hydrogen-bond donors (Lipinski definition) is 1. The minimum Gasteiger partial charge on any atom is -0.380 e. The number of rotatable bonds is 4. The molecule has 0 saturated carbocycles. The fraction of sp³-hybridized carbons (Fsp3) is 0.308. The van der Waals surface area contributed by atoms with Crippen molar-refractivity contribution in [3.8, 4) is 0 Å². The molecule has 0 amide bonds. The molecule has 0 aliphatic heterocycles. The van der Waals surface area contributed by atoms with Crippen LogP contribution in [0.25, 0.3) is 0 Å². The minimum absolute atomic E-state index is 0.409. The van der Waals surface area contributed by atoms with Crippen LogP contribution in [0.5, 0.6) is 0 Å². The maximum absolute atomic E-state index is 4.13. The Kier molecular flexibility index (Phi) is 3.25. The molecule has 2 aromatic rings. The molecule has 84 valence electrons. The van der Waals surface area contributed by atoms with Crippen molar-refractivity contribution in [1.29, 1.82) is 0 Å². The van der Waals surface area contributed by atoms with Gasteiger partial charge in [0.25, 0.3) is 0 Å². The number of nitrogens with zero attached hydrogens (tertiary/aromatic N) is 2. The molecule has 0 aliphatic rings. The summed E-state index contributed by atoms with van der Waals surface area (Å²) in [5.74, 6) is 0. The van der Waals surface area contributed by atoms with Crippen molar-refractivity contribution < 1.29 is 0 Å². The highest BCUT2D eigenvalue weighted by Crippen LogP contribution is 2.09. The molecular formula is C13H17N3. The first-order valence-corrected chi connectivity index (χ1v) is 5.53. The topological polar surface area (TPSA) is 29.9 Å². The van der Waals surface area contributed by atoms with Gasteiger partial charge in [0.2, 0.25) is 0 Å². The molecule has 1 heterocycles. The minimum atomic E-state index is 0.409. The van der Waals surface area contributed by atoms with E-state index in [1.807, 2.05) is 25.5 Å². The van der Waals surface area contributed by atoms with E-state index in [0.29, 0.717) is 6.04 Å². The van der Waals surface area contributed by atoms with Crippen molar-refractivity contribution in [3.05, 3.63) is 48.3 Å². The number of benzene rings is 1. The zero-order valence-corrected chi connectivity index (χ0v) is 9.72. The largest absolute Gasteiger partial charge is 0.380 e. The quantitative estimate of drug-likeness (QED) is 0.849. The van der Waals surface area contributed by atoms with E-state index in [1.54, 1.807) is 4.68 Å². The number of aromatic nitrogens is 2. The van der Waals surface area contributed by atoms with E-state index in [0.717, 1.165) is 12.1 Å². The molecule has 1 unspecified atom stereocenters. The Morgan fingerprint density at radius 3 is 2.69 bits per heavy atom. The first-order chi connectivity index (χ1) is 7.74. The zero-order valence-electron chi connectivity index (χ0n) is 9.72. The van der Waals surface area contributed by atoms with E-state index in [1.165, 1.54) is 5.56 Å². The normalized spacial score (nSPS) is 12.4. The van der Waals surface area contributed by atoms with E-state index in [4.69, 9.17) is 0 Å². The monoisotopic (exact) mass is 215 g/mol. The molecule has 0 aliphatic carbocycles. The van der Waals surface area contributed by atoms with Crippen LogP contribution in [0.4, 0.5) is 5.69 Å². The lowest BCUT2D eigenvalue weighted by Crippen LogP contribution is -2.17. The molecule has 0 fully saturated rings. The molecule has 0 spiro atoms. The highest BCUT2D eigenvalue weighted by atomic mass is 15.3. The lowest BCUT2D eigenvalue weighted by Gasteiger charge is -2.13. The molecular weight excluding hydrogens is 198 g/mol. The zero-order chi connectivity index (χ0) is 11.4. The molecule has 1 N–H and O–H groups in total. The summed E-state index contributed by atoms with van der Waals surface area (Å²) < 4.78 is 1.80. The maximum Gasteiger partial charge on any atom is 0.0728 e. The molecule has 16 heavy (non-hydrogen) atoms. The molecule has 3 nitrogen and oxygen atoms in total. The van der Waals surface area contributed by atoms with Gasteiger partial charge in [-0.05, 0) is 18.9 Å². The molecule has 3 heteroatoms. The average Bonchev–Trinajstić information content (AvgIpc) is 2.65. The van der Waals surface area contributed by atoms with Crippen LogP contribution in [0.3, 0.4) is 0 Å². The highest BCUT2D eigenvalue weighted by Gasteiger charge is 2.04. The maximum atomic E-state index is 4.13. The van der Waals surface area contributed by atoms with Gasteiger partial charge in [0.15, 0.2) is 0 Å². The summed E-state index contributed by atoms with van der Waals surface area (Å²) in [6.45, 7) is 2.18. The van der Waals surface area contributed by atoms with Gasteiger partial charge < -0.3 is 5.32 Å². The molecule has 0 bridgehead atoms. The van der Waals surface area contributed by atoms with Crippen LogP contribution < -0.4 is 5.32 Å². The second-order valence-corrected chi connectivity index (χ2v) is 4.14. The van der Waals surface area contributed by atoms with Crippen LogP contribution >= 0.6 is 0 Å². The van der Waals surface area contributed by atoms with Crippen molar-refractivity contribution in [2.75, 3.05) is 5.32 Å². The fourth-order valence-electron chi connectivity index (χ4n) is 1.80. The lowest BCUT2D eigenvalue weighted by molar-refractivity contribution is 0.766. The van der Waals surface area contributed by atoms with E-state index in [2.05, 4.69) is 41.6 Å². The molecule has 2 rings (SSSR count). The molecule has 1 aromatic carbocycles. The molecule has 0 radical (unpaired) electrons. The molecule has 1 aromatic heterocycles. The third kappa shape index (κ3) is 2.86. The number of nitrogens with one attached hydrogen (secondary N) is 1. The van der Waals surface area contributed by atoms with Crippen molar-refractivity contribution in [3.63, 3.8) is 0 Å². The van der Waals surface area contributed by atoms with Gasteiger partial charge in [-0.15, -0.1) is 0 Å². The third-order valence-electron chi connectivity index (χ3n) is 2.50. The summed E-state index contributed by atoms with van der Waals surface area (Å²) in [7, 11) is 1.92. The van der Waals surface area contributed by atoms with Crippen molar-refractivity contribution in [1.82, 2.24) is 9.78 Å². The van der Waals surface area contributed by atoms with Gasteiger partial charge in [-0.3, -0.25) is 4.68 Å². The first-order valence-electron chi connectivity index (χ1n) is 5.53. The number of anilines is 1. The Morgan fingerprint density at radius 2 is 2.06 bits per heavy atom. The van der Waals surface area contributed by atoms with Gasteiger partial charge in [0, 0.05) is 19.3 Å². The number of aryl methyl sites for hydroxylation is 1. The van der Waals surface area contributed by atoms with E-state index in [-0.39, 0.29) is 0 Å². The van der Waals surface area contributed by atoms with E-state index in [9.17, 15) is 0 Å². The van der Waals surface area contributed by atoms with E-state index >= 15 is 0 Å². The Labute approximate surface area is 96.1 Å². The second-order valence-electron chi connectivity index (χ2n) is 4.14. The van der Waals surface area contributed by atoms with Gasteiger partial charge in [-0.1, -0.05) is 30.3 Å². The second kappa shape index (κ2) is 4.84. The van der Waals surface area contributed by atoms with Gasteiger partial charge in [-0.25, -0.2) is 0 Å². The van der Waals surface area contributed by atoms with Gasteiger partial charge in [-0.2, -0.15) is 5.10 Å². The summed E-state index contributed by atoms with van der Waals surface area (Å²) in [6, 6.07) is 10.9. The molecule has 1 atom stereocenters. The first kappa shape index (κ1) is 10.7. The Balaban J connectivity index is 1.92. The summed E-state index contributed by atoms with van der Waals surface area (Å²) in [4.78, 5) is 0. The lowest BCUT2D eigenvalue weighted by atomic mass is 10.1. The van der Waals surface area contributed by atoms with Gasteiger partial charge >= 0.3 is 0 Å². The van der Waals surface area contributed by atoms with Crippen molar-refractivity contribution >= 4 is 5.69 Å². The molecule has 0 saturated heterocycles. The van der Waals surface area contributed by atoms with Crippen LogP contribution in [-0.4, -0.2) is 15.8 Å². The SMILES string of the molecule is CC(Cc1ccccc1)Nc1cnn(C)c1. The van der Waals surface area contributed by atoms with Crippen LogP contribution in [0.1, 0.15) is 12.5 Å². The standard InChI is InChI=1S/C13H17N3/c1-11(8-12-6-4-3-5-7-12)15-13-9-14-16(2)10-13/h3-7,9-11,15H,8H2,1-2H3. The van der Waals surface area contributed by atoms with Gasteiger partial charge in [0.05, 0.1) is 11.9 Å². The fourth-order valence-corrected chi connectivity index (χ4v) is 1.80. The van der Waals surface area contributed by atoms with Crippen molar-refractivity contribution in [2.24, 2.45) is 7.05 Å². The Hall–Kier alpha value is -1.77.